The standard InChI is InChI=1S/C14H22N2O2/c1-4-14(15,5-2)13(18)16(3)10-11-7-6-8-12(17)9-11/h6-9,17H,4-5,10,15H2,1-3H3. The molecule has 1 rings (SSSR count). The van der Waals surface area contributed by atoms with Crippen LogP contribution in [0.3, 0.4) is 0 Å². The zero-order valence-corrected chi connectivity index (χ0v) is 11.3. The summed E-state index contributed by atoms with van der Waals surface area (Å²) in [4.78, 5) is 13.9. The van der Waals surface area contributed by atoms with Gasteiger partial charge in [-0.2, -0.15) is 0 Å². The number of likely N-dealkylation sites (N-methyl/N-ethyl adjacent to an activating group) is 1. The van der Waals surface area contributed by atoms with E-state index >= 15 is 0 Å². The molecule has 4 heteroatoms. The quantitative estimate of drug-likeness (QED) is 0.838. The van der Waals surface area contributed by atoms with E-state index in [1.165, 1.54) is 0 Å². The van der Waals surface area contributed by atoms with Crippen molar-refractivity contribution < 1.29 is 9.90 Å². The Morgan fingerprint density at radius 1 is 1.39 bits per heavy atom. The molecule has 0 atom stereocenters. The highest BCUT2D eigenvalue weighted by molar-refractivity contribution is 5.85. The maximum atomic E-state index is 12.3. The molecular weight excluding hydrogens is 228 g/mol. The number of amides is 1. The topological polar surface area (TPSA) is 66.6 Å². The number of carbonyl (C=O) groups is 1. The Balaban J connectivity index is 2.77. The Labute approximate surface area is 108 Å². The molecule has 0 saturated carbocycles. The Bertz CT molecular complexity index is 414. The lowest BCUT2D eigenvalue weighted by atomic mass is 9.92. The lowest BCUT2D eigenvalue weighted by molar-refractivity contribution is -0.136. The molecule has 100 valence electrons. The summed E-state index contributed by atoms with van der Waals surface area (Å²) in [6, 6.07) is 6.90. The van der Waals surface area contributed by atoms with E-state index in [9.17, 15) is 9.90 Å². The summed E-state index contributed by atoms with van der Waals surface area (Å²) in [7, 11) is 1.74. The Morgan fingerprint density at radius 2 is 2.00 bits per heavy atom. The van der Waals surface area contributed by atoms with Gasteiger partial charge in [-0.3, -0.25) is 4.79 Å². The molecule has 0 saturated heterocycles. The Hall–Kier alpha value is -1.55. The summed E-state index contributed by atoms with van der Waals surface area (Å²) in [6.45, 7) is 4.29. The lowest BCUT2D eigenvalue weighted by Crippen LogP contribution is -2.53. The molecule has 18 heavy (non-hydrogen) atoms. The van der Waals surface area contributed by atoms with Gasteiger partial charge in [0.2, 0.25) is 5.91 Å². The van der Waals surface area contributed by atoms with Crippen LogP contribution in [0.5, 0.6) is 5.75 Å². The summed E-state index contributed by atoms with van der Waals surface area (Å²) in [5.74, 6) is 0.147. The van der Waals surface area contributed by atoms with Crippen molar-refractivity contribution in [3.05, 3.63) is 29.8 Å². The smallest absolute Gasteiger partial charge is 0.242 e. The van der Waals surface area contributed by atoms with Gasteiger partial charge >= 0.3 is 0 Å². The van der Waals surface area contributed by atoms with Crippen LogP contribution >= 0.6 is 0 Å². The number of phenols is 1. The summed E-state index contributed by atoms with van der Waals surface area (Å²) >= 11 is 0. The maximum Gasteiger partial charge on any atom is 0.242 e. The van der Waals surface area contributed by atoms with E-state index in [1.54, 1.807) is 30.1 Å². The molecule has 0 aliphatic carbocycles. The van der Waals surface area contributed by atoms with Crippen LogP contribution in [0.15, 0.2) is 24.3 Å². The first kappa shape index (κ1) is 14.5. The average molecular weight is 250 g/mol. The zero-order chi connectivity index (χ0) is 13.8. The minimum Gasteiger partial charge on any atom is -0.508 e. The van der Waals surface area contributed by atoms with E-state index < -0.39 is 5.54 Å². The largest absolute Gasteiger partial charge is 0.508 e. The number of rotatable bonds is 5. The minimum absolute atomic E-state index is 0.0594. The minimum atomic E-state index is -0.786. The van der Waals surface area contributed by atoms with Crippen LogP contribution in [0.4, 0.5) is 0 Å². The number of nitrogens with two attached hydrogens (primary N) is 1. The number of carbonyl (C=O) groups excluding carboxylic acids is 1. The number of benzene rings is 1. The van der Waals surface area contributed by atoms with E-state index in [2.05, 4.69) is 0 Å². The molecule has 0 aromatic heterocycles. The van der Waals surface area contributed by atoms with E-state index in [1.807, 2.05) is 19.9 Å². The summed E-state index contributed by atoms with van der Waals surface area (Å²) in [5, 5.41) is 9.39. The molecule has 1 amide bonds. The normalized spacial score (nSPS) is 11.3. The highest BCUT2D eigenvalue weighted by atomic mass is 16.3. The first-order valence-corrected chi connectivity index (χ1v) is 6.25. The van der Waals surface area contributed by atoms with Crippen molar-refractivity contribution in [1.82, 2.24) is 4.90 Å². The highest BCUT2D eigenvalue weighted by Gasteiger charge is 2.32. The lowest BCUT2D eigenvalue weighted by Gasteiger charge is -2.30. The van der Waals surface area contributed by atoms with Crippen molar-refractivity contribution >= 4 is 5.91 Å². The molecule has 0 heterocycles. The summed E-state index contributed by atoms with van der Waals surface area (Å²) in [5.41, 5.74) is 6.19. The maximum absolute atomic E-state index is 12.3. The molecule has 3 N–H and O–H groups in total. The van der Waals surface area contributed by atoms with Crippen molar-refractivity contribution in [2.75, 3.05) is 7.05 Å². The second-order valence-corrected chi connectivity index (χ2v) is 4.69. The van der Waals surface area contributed by atoms with E-state index in [0.29, 0.717) is 19.4 Å². The third-order valence-electron chi connectivity index (χ3n) is 3.36. The van der Waals surface area contributed by atoms with Crippen LogP contribution in [-0.4, -0.2) is 28.5 Å². The first-order chi connectivity index (χ1) is 8.42. The van der Waals surface area contributed by atoms with Crippen molar-refractivity contribution in [2.24, 2.45) is 5.73 Å². The van der Waals surface area contributed by atoms with Gasteiger partial charge in [0, 0.05) is 13.6 Å². The molecule has 0 aliphatic rings. The number of hydrogen-bond acceptors (Lipinski definition) is 3. The molecule has 1 aromatic carbocycles. The van der Waals surface area contributed by atoms with Crippen LogP contribution < -0.4 is 5.73 Å². The van der Waals surface area contributed by atoms with E-state index in [0.717, 1.165) is 5.56 Å². The molecule has 0 spiro atoms. The second kappa shape index (κ2) is 5.87. The van der Waals surface area contributed by atoms with Crippen LogP contribution in [0.25, 0.3) is 0 Å². The molecule has 0 fully saturated rings. The number of hydrogen-bond donors (Lipinski definition) is 2. The third kappa shape index (κ3) is 3.23. The predicted molar refractivity (Wildman–Crippen MR) is 72.1 cm³/mol. The molecule has 4 nitrogen and oxygen atoms in total. The number of aromatic hydroxyl groups is 1. The molecule has 0 bridgehead atoms. The van der Waals surface area contributed by atoms with Crippen LogP contribution in [0, 0.1) is 0 Å². The van der Waals surface area contributed by atoms with E-state index in [4.69, 9.17) is 5.73 Å². The summed E-state index contributed by atoms with van der Waals surface area (Å²) in [6.07, 6.45) is 1.24. The highest BCUT2D eigenvalue weighted by Crippen LogP contribution is 2.17. The van der Waals surface area contributed by atoms with Crippen LogP contribution in [0.1, 0.15) is 32.3 Å². The van der Waals surface area contributed by atoms with E-state index in [-0.39, 0.29) is 11.7 Å². The average Bonchev–Trinajstić information content (AvgIpc) is 2.37. The fourth-order valence-corrected chi connectivity index (χ4v) is 1.93. The van der Waals surface area contributed by atoms with Gasteiger partial charge in [0.15, 0.2) is 0 Å². The van der Waals surface area contributed by atoms with Gasteiger partial charge < -0.3 is 15.7 Å². The van der Waals surface area contributed by atoms with Crippen LogP contribution in [0.2, 0.25) is 0 Å². The van der Waals surface area contributed by atoms with Gasteiger partial charge in [-0.15, -0.1) is 0 Å². The Morgan fingerprint density at radius 3 is 2.50 bits per heavy atom. The monoisotopic (exact) mass is 250 g/mol. The number of nitrogens with zero attached hydrogens (tertiary/aromatic N) is 1. The molecule has 0 unspecified atom stereocenters. The van der Waals surface area contributed by atoms with Crippen LogP contribution in [-0.2, 0) is 11.3 Å². The van der Waals surface area contributed by atoms with Crippen molar-refractivity contribution in [2.45, 2.75) is 38.8 Å². The van der Waals surface area contributed by atoms with Gasteiger partial charge in [-0.1, -0.05) is 26.0 Å². The van der Waals surface area contributed by atoms with Gasteiger partial charge in [0.25, 0.3) is 0 Å². The third-order valence-corrected chi connectivity index (χ3v) is 3.36. The van der Waals surface area contributed by atoms with Crippen molar-refractivity contribution in [3.63, 3.8) is 0 Å². The molecule has 1 aromatic rings. The van der Waals surface area contributed by atoms with Crippen molar-refractivity contribution in [3.8, 4) is 5.75 Å². The summed E-state index contributed by atoms with van der Waals surface area (Å²) < 4.78 is 0. The van der Waals surface area contributed by atoms with Gasteiger partial charge in [0.05, 0.1) is 5.54 Å². The Kier molecular flexibility index (Phi) is 4.73. The fraction of sp³-hybridized carbons (Fsp3) is 0.500. The fourth-order valence-electron chi connectivity index (χ4n) is 1.93. The second-order valence-electron chi connectivity index (χ2n) is 4.69. The SMILES string of the molecule is CCC(N)(CC)C(=O)N(C)Cc1cccc(O)c1. The molecular formula is C14H22N2O2. The predicted octanol–water partition coefficient (Wildman–Crippen LogP) is 1.87. The van der Waals surface area contributed by atoms with Gasteiger partial charge in [0.1, 0.15) is 5.75 Å². The van der Waals surface area contributed by atoms with Gasteiger partial charge in [-0.05, 0) is 30.5 Å². The molecule has 0 aliphatic heterocycles. The first-order valence-electron chi connectivity index (χ1n) is 6.25. The van der Waals surface area contributed by atoms with Crippen molar-refractivity contribution in [1.29, 1.82) is 0 Å². The molecule has 0 radical (unpaired) electrons. The number of phenolic OH excluding ortho intramolecular Hbond substituents is 1. The zero-order valence-electron chi connectivity index (χ0n) is 11.3. The van der Waals surface area contributed by atoms with Gasteiger partial charge in [-0.25, -0.2) is 0 Å².